The number of carbonyl (C=O) groups excluding carboxylic acids is 1. The summed E-state index contributed by atoms with van der Waals surface area (Å²) in [5.74, 6) is 0.567. The molecule has 2 rings (SSSR count). The molecule has 2 heterocycles. The number of thiophene rings is 1. The van der Waals surface area contributed by atoms with Crippen molar-refractivity contribution in [1.82, 2.24) is 10.2 Å². The van der Waals surface area contributed by atoms with Gasteiger partial charge in [-0.2, -0.15) is 0 Å². The lowest BCUT2D eigenvalue weighted by Crippen LogP contribution is -2.42. The first-order chi connectivity index (χ1) is 9.66. The Labute approximate surface area is 125 Å². The van der Waals surface area contributed by atoms with Gasteiger partial charge in [-0.05, 0) is 35.8 Å². The van der Waals surface area contributed by atoms with Crippen LogP contribution in [-0.4, -0.2) is 37.2 Å². The van der Waals surface area contributed by atoms with Crippen LogP contribution >= 0.6 is 11.3 Å². The van der Waals surface area contributed by atoms with Gasteiger partial charge in [-0.15, -0.1) is 11.3 Å². The molecule has 2 amide bonds. The maximum atomic E-state index is 12.0. The van der Waals surface area contributed by atoms with Crippen molar-refractivity contribution in [2.75, 3.05) is 26.3 Å². The van der Waals surface area contributed by atoms with Gasteiger partial charge in [0.05, 0.1) is 0 Å². The summed E-state index contributed by atoms with van der Waals surface area (Å²) in [6.45, 7) is 8.03. The fourth-order valence-corrected chi connectivity index (χ4v) is 3.11. The number of amides is 2. The van der Waals surface area contributed by atoms with Gasteiger partial charge in [0, 0.05) is 37.7 Å². The molecule has 0 bridgehead atoms. The third kappa shape index (κ3) is 4.49. The molecule has 1 aliphatic rings. The van der Waals surface area contributed by atoms with Gasteiger partial charge in [0.2, 0.25) is 0 Å². The van der Waals surface area contributed by atoms with E-state index in [2.05, 4.69) is 30.6 Å². The van der Waals surface area contributed by atoms with Crippen molar-refractivity contribution >= 4 is 17.4 Å². The largest absolute Gasteiger partial charge is 0.381 e. The van der Waals surface area contributed by atoms with Crippen LogP contribution in [0.25, 0.3) is 0 Å². The van der Waals surface area contributed by atoms with Crippen LogP contribution in [0.4, 0.5) is 4.79 Å². The molecular formula is C15H24N2O2S. The molecule has 1 N–H and O–H groups in total. The van der Waals surface area contributed by atoms with Gasteiger partial charge in [-0.3, -0.25) is 0 Å². The smallest absolute Gasteiger partial charge is 0.317 e. The molecule has 0 unspecified atom stereocenters. The summed E-state index contributed by atoms with van der Waals surface area (Å²) in [5.41, 5.74) is 1.30. The molecule has 0 fully saturated rings. The van der Waals surface area contributed by atoms with Crippen LogP contribution in [0.15, 0.2) is 11.4 Å². The van der Waals surface area contributed by atoms with E-state index in [4.69, 9.17) is 4.74 Å². The number of urea groups is 1. The summed E-state index contributed by atoms with van der Waals surface area (Å²) in [6, 6.07) is 2.17. The summed E-state index contributed by atoms with van der Waals surface area (Å²) in [5, 5.41) is 5.08. The van der Waals surface area contributed by atoms with Crippen LogP contribution in [0.3, 0.4) is 0 Å². The van der Waals surface area contributed by atoms with E-state index >= 15 is 0 Å². The van der Waals surface area contributed by atoms with E-state index in [0.29, 0.717) is 19.1 Å². The lowest BCUT2D eigenvalue weighted by molar-refractivity contribution is 0.107. The van der Waals surface area contributed by atoms with Gasteiger partial charge in [0.1, 0.15) is 0 Å². The molecule has 4 nitrogen and oxygen atoms in total. The maximum absolute atomic E-state index is 12.0. The minimum atomic E-state index is 0.0470. The highest BCUT2D eigenvalue weighted by molar-refractivity contribution is 7.10. The second-order valence-corrected chi connectivity index (χ2v) is 6.60. The lowest BCUT2D eigenvalue weighted by Gasteiger charge is -2.27. The lowest BCUT2D eigenvalue weighted by atomic mass is 10.1. The molecule has 1 aromatic heterocycles. The molecule has 1 aromatic rings. The van der Waals surface area contributed by atoms with E-state index in [1.165, 1.54) is 10.4 Å². The molecule has 1 aliphatic heterocycles. The Kier molecular flexibility index (Phi) is 5.86. The molecule has 0 spiro atoms. The summed E-state index contributed by atoms with van der Waals surface area (Å²) < 4.78 is 5.49. The topological polar surface area (TPSA) is 41.6 Å². The fraction of sp³-hybridized carbons (Fsp3) is 0.667. The average Bonchev–Trinajstić information content (AvgIpc) is 2.89. The molecule has 20 heavy (non-hydrogen) atoms. The quantitative estimate of drug-likeness (QED) is 0.820. The summed E-state index contributed by atoms with van der Waals surface area (Å²) in [6.07, 6.45) is 1.86. The molecule has 0 radical (unpaired) electrons. The highest BCUT2D eigenvalue weighted by atomic mass is 32.1. The van der Waals surface area contributed by atoms with Crippen molar-refractivity contribution in [2.45, 2.75) is 33.2 Å². The maximum Gasteiger partial charge on any atom is 0.317 e. The zero-order valence-corrected chi connectivity index (χ0v) is 13.2. The zero-order valence-electron chi connectivity index (χ0n) is 12.4. The molecular weight excluding hydrogens is 272 g/mol. The van der Waals surface area contributed by atoms with Crippen LogP contribution in [0, 0.1) is 5.92 Å². The van der Waals surface area contributed by atoms with E-state index in [9.17, 15) is 4.79 Å². The average molecular weight is 296 g/mol. The van der Waals surface area contributed by atoms with Crippen molar-refractivity contribution < 1.29 is 9.53 Å². The Balaban J connectivity index is 1.61. The van der Waals surface area contributed by atoms with Crippen molar-refractivity contribution in [3.8, 4) is 0 Å². The van der Waals surface area contributed by atoms with Crippen molar-refractivity contribution in [3.63, 3.8) is 0 Å². The molecule has 0 aliphatic carbocycles. The fourth-order valence-electron chi connectivity index (χ4n) is 2.22. The monoisotopic (exact) mass is 296 g/mol. The van der Waals surface area contributed by atoms with Crippen molar-refractivity contribution in [3.05, 3.63) is 21.9 Å². The summed E-state index contributed by atoms with van der Waals surface area (Å²) in [7, 11) is 0. The Hall–Kier alpha value is -1.07. The van der Waals surface area contributed by atoms with Crippen LogP contribution in [0.5, 0.6) is 0 Å². The van der Waals surface area contributed by atoms with E-state index in [1.54, 1.807) is 11.3 Å². The van der Waals surface area contributed by atoms with E-state index in [1.807, 2.05) is 4.90 Å². The van der Waals surface area contributed by atoms with E-state index < -0.39 is 0 Å². The standard InChI is InChI=1S/C15H24N2O2S/c1-12(2)11-19-8-3-6-16-15(18)17-7-4-14-13(10-17)5-9-20-14/h5,9,12H,3-4,6-8,10-11H2,1-2H3,(H,16,18). The summed E-state index contributed by atoms with van der Waals surface area (Å²) in [4.78, 5) is 15.4. The van der Waals surface area contributed by atoms with Crippen molar-refractivity contribution in [2.24, 2.45) is 5.92 Å². The molecule has 0 aromatic carbocycles. The second kappa shape index (κ2) is 7.64. The number of nitrogens with one attached hydrogen (secondary N) is 1. The zero-order chi connectivity index (χ0) is 14.4. The molecule has 112 valence electrons. The SMILES string of the molecule is CC(C)COCCCNC(=O)N1CCc2sccc2C1. The number of ether oxygens (including phenoxy) is 1. The highest BCUT2D eigenvalue weighted by Crippen LogP contribution is 2.23. The third-order valence-corrected chi connectivity index (χ3v) is 4.31. The predicted octanol–water partition coefficient (Wildman–Crippen LogP) is 2.88. The molecule has 5 heteroatoms. The van der Waals surface area contributed by atoms with E-state index in [-0.39, 0.29) is 6.03 Å². The first-order valence-corrected chi connectivity index (χ1v) is 8.20. The third-order valence-electron chi connectivity index (χ3n) is 3.29. The van der Waals surface area contributed by atoms with Gasteiger partial charge in [-0.1, -0.05) is 13.8 Å². The minimum Gasteiger partial charge on any atom is -0.381 e. The van der Waals surface area contributed by atoms with Crippen LogP contribution in [0.1, 0.15) is 30.7 Å². The van der Waals surface area contributed by atoms with Gasteiger partial charge < -0.3 is 15.0 Å². The number of hydrogen-bond donors (Lipinski definition) is 1. The number of fused-ring (bicyclic) bond motifs is 1. The van der Waals surface area contributed by atoms with Crippen LogP contribution in [0.2, 0.25) is 0 Å². The number of nitrogens with zero attached hydrogens (tertiary/aromatic N) is 1. The normalized spacial score (nSPS) is 14.4. The van der Waals surface area contributed by atoms with Gasteiger partial charge >= 0.3 is 6.03 Å². The molecule has 0 saturated carbocycles. The summed E-state index contributed by atoms with van der Waals surface area (Å²) >= 11 is 1.79. The van der Waals surface area contributed by atoms with Gasteiger partial charge in [0.25, 0.3) is 0 Å². The van der Waals surface area contributed by atoms with Crippen molar-refractivity contribution in [1.29, 1.82) is 0 Å². The van der Waals surface area contributed by atoms with Crippen LogP contribution in [-0.2, 0) is 17.7 Å². The second-order valence-electron chi connectivity index (χ2n) is 5.59. The minimum absolute atomic E-state index is 0.0470. The number of rotatable bonds is 6. The molecule has 0 saturated heterocycles. The first-order valence-electron chi connectivity index (χ1n) is 7.32. The number of carbonyl (C=O) groups is 1. The predicted molar refractivity (Wildman–Crippen MR) is 82.1 cm³/mol. The first kappa shape index (κ1) is 15.3. The Morgan fingerprint density at radius 2 is 2.40 bits per heavy atom. The highest BCUT2D eigenvalue weighted by Gasteiger charge is 2.20. The number of hydrogen-bond acceptors (Lipinski definition) is 3. The van der Waals surface area contributed by atoms with Gasteiger partial charge in [0.15, 0.2) is 0 Å². The Morgan fingerprint density at radius 3 is 3.20 bits per heavy atom. The molecule has 0 atom stereocenters. The van der Waals surface area contributed by atoms with Crippen LogP contribution < -0.4 is 5.32 Å². The van der Waals surface area contributed by atoms with Gasteiger partial charge in [-0.25, -0.2) is 4.79 Å². The Morgan fingerprint density at radius 1 is 1.55 bits per heavy atom. The Bertz CT molecular complexity index is 431. The van der Waals surface area contributed by atoms with E-state index in [0.717, 1.165) is 32.5 Å².